The molecule has 5 nitrogen and oxygen atoms in total. The monoisotopic (exact) mass is 270 g/mol. The number of carbonyl (C=O) groups is 2. The first-order chi connectivity index (χ1) is 8.18. The van der Waals surface area contributed by atoms with Crippen LogP contribution in [0.15, 0.2) is 5.51 Å². The normalized spacial score (nSPS) is 14.7. The molecular weight excluding hydrogens is 252 g/mol. The number of nitrogens with zero attached hydrogens (tertiary/aromatic N) is 1. The van der Waals surface area contributed by atoms with E-state index < -0.39 is 17.2 Å². The van der Waals surface area contributed by atoms with Crippen LogP contribution in [0.4, 0.5) is 4.79 Å². The van der Waals surface area contributed by atoms with E-state index in [9.17, 15) is 9.59 Å². The van der Waals surface area contributed by atoms with Crippen molar-refractivity contribution in [3.63, 3.8) is 0 Å². The zero-order valence-electron chi connectivity index (χ0n) is 11.2. The van der Waals surface area contributed by atoms with Gasteiger partial charge in [-0.15, -0.1) is 11.3 Å². The standard InChI is InChI=1S/C12H18N2O3S/c1-8-9(18-7-13-8)12(5,6-15)14-10(16)17-11(2,3)4/h6-7H,1-5H3,(H,14,16). The van der Waals surface area contributed by atoms with E-state index in [1.807, 2.05) is 0 Å². The summed E-state index contributed by atoms with van der Waals surface area (Å²) in [4.78, 5) is 27.8. The molecule has 0 aliphatic carbocycles. The lowest BCUT2D eigenvalue weighted by molar-refractivity contribution is -0.113. The number of nitrogens with one attached hydrogen (secondary N) is 1. The zero-order valence-corrected chi connectivity index (χ0v) is 12.1. The molecule has 1 unspecified atom stereocenters. The third-order valence-corrected chi connectivity index (χ3v) is 3.38. The fraction of sp³-hybridized carbons (Fsp3) is 0.583. The Morgan fingerprint density at radius 3 is 2.44 bits per heavy atom. The molecule has 6 heteroatoms. The smallest absolute Gasteiger partial charge is 0.408 e. The van der Waals surface area contributed by atoms with Crippen molar-refractivity contribution in [1.82, 2.24) is 10.3 Å². The summed E-state index contributed by atoms with van der Waals surface area (Å²) in [6.07, 6.45) is 0.0714. The third kappa shape index (κ3) is 3.53. The Bertz CT molecular complexity index is 450. The van der Waals surface area contributed by atoms with Gasteiger partial charge in [-0.3, -0.25) is 0 Å². The van der Waals surface area contributed by atoms with Gasteiger partial charge in [-0.05, 0) is 34.6 Å². The summed E-state index contributed by atoms with van der Waals surface area (Å²) in [6.45, 7) is 8.73. The zero-order chi connectivity index (χ0) is 14.0. The molecule has 0 aliphatic heterocycles. The Morgan fingerprint density at radius 2 is 2.06 bits per heavy atom. The van der Waals surface area contributed by atoms with Gasteiger partial charge in [0.2, 0.25) is 0 Å². The topological polar surface area (TPSA) is 68.3 Å². The second kappa shape index (κ2) is 5.06. The first-order valence-corrected chi connectivity index (χ1v) is 6.44. The largest absolute Gasteiger partial charge is 0.444 e. The van der Waals surface area contributed by atoms with E-state index in [-0.39, 0.29) is 0 Å². The Labute approximate surface area is 111 Å². The SMILES string of the molecule is Cc1ncsc1C(C)(C=O)NC(=O)OC(C)(C)C. The minimum absolute atomic E-state index is 0.601. The highest BCUT2D eigenvalue weighted by atomic mass is 32.1. The fourth-order valence-electron chi connectivity index (χ4n) is 1.46. The number of ether oxygens (including phenoxy) is 1. The van der Waals surface area contributed by atoms with Crippen molar-refractivity contribution in [2.75, 3.05) is 0 Å². The van der Waals surface area contributed by atoms with Gasteiger partial charge in [0, 0.05) is 0 Å². The Kier molecular flexibility index (Phi) is 4.11. The summed E-state index contributed by atoms with van der Waals surface area (Å²) in [7, 11) is 0. The number of aryl methyl sites for hydroxylation is 1. The van der Waals surface area contributed by atoms with Crippen LogP contribution in [0.2, 0.25) is 0 Å². The summed E-state index contributed by atoms with van der Waals surface area (Å²) in [5.74, 6) is 0. The Hall–Kier alpha value is -1.43. The summed E-state index contributed by atoms with van der Waals surface area (Å²) < 4.78 is 5.15. The number of thiazole rings is 1. The van der Waals surface area contributed by atoms with Crippen molar-refractivity contribution in [2.45, 2.75) is 45.8 Å². The lowest BCUT2D eigenvalue weighted by Crippen LogP contribution is -2.46. The van der Waals surface area contributed by atoms with Crippen molar-refractivity contribution >= 4 is 23.7 Å². The van der Waals surface area contributed by atoms with E-state index in [4.69, 9.17) is 4.74 Å². The van der Waals surface area contributed by atoms with Gasteiger partial charge in [0.15, 0.2) is 6.29 Å². The van der Waals surface area contributed by atoms with E-state index >= 15 is 0 Å². The third-order valence-electron chi connectivity index (χ3n) is 2.21. The maximum absolute atomic E-state index is 11.7. The molecule has 0 aliphatic rings. The molecule has 0 aromatic carbocycles. The molecule has 1 rings (SSSR count). The van der Waals surface area contributed by atoms with E-state index in [2.05, 4.69) is 10.3 Å². The van der Waals surface area contributed by atoms with Gasteiger partial charge < -0.3 is 14.8 Å². The number of rotatable bonds is 3. The highest BCUT2D eigenvalue weighted by Gasteiger charge is 2.33. The van der Waals surface area contributed by atoms with Crippen LogP contribution in [0.3, 0.4) is 0 Å². The van der Waals surface area contributed by atoms with Crippen LogP contribution in [0.1, 0.15) is 38.3 Å². The first kappa shape index (κ1) is 14.6. The molecule has 0 saturated heterocycles. The second-order valence-electron chi connectivity index (χ2n) is 5.21. The Balaban J connectivity index is 2.88. The number of alkyl carbamates (subject to hydrolysis) is 1. The van der Waals surface area contributed by atoms with E-state index in [0.29, 0.717) is 11.2 Å². The van der Waals surface area contributed by atoms with Gasteiger partial charge in [0.05, 0.1) is 16.1 Å². The molecule has 1 amide bonds. The van der Waals surface area contributed by atoms with Gasteiger partial charge in [0.25, 0.3) is 0 Å². The molecule has 0 spiro atoms. The molecule has 18 heavy (non-hydrogen) atoms. The van der Waals surface area contributed by atoms with E-state index in [0.717, 1.165) is 5.69 Å². The quantitative estimate of drug-likeness (QED) is 0.856. The maximum Gasteiger partial charge on any atom is 0.408 e. The lowest BCUT2D eigenvalue weighted by atomic mass is 10.0. The molecule has 0 bridgehead atoms. The van der Waals surface area contributed by atoms with Crippen molar-refractivity contribution in [2.24, 2.45) is 0 Å². The van der Waals surface area contributed by atoms with Crippen LogP contribution < -0.4 is 5.32 Å². The van der Waals surface area contributed by atoms with Gasteiger partial charge in [0.1, 0.15) is 11.1 Å². The van der Waals surface area contributed by atoms with Crippen LogP contribution in [0.25, 0.3) is 0 Å². The molecule has 0 saturated carbocycles. The number of carbonyl (C=O) groups excluding carboxylic acids is 2. The highest BCUT2D eigenvalue weighted by molar-refractivity contribution is 7.10. The summed E-state index contributed by atoms with van der Waals surface area (Å²) in [5.41, 5.74) is 0.665. The van der Waals surface area contributed by atoms with E-state index in [1.54, 1.807) is 40.1 Å². The van der Waals surface area contributed by atoms with E-state index in [1.165, 1.54) is 11.3 Å². The van der Waals surface area contributed by atoms with Gasteiger partial charge in [-0.2, -0.15) is 0 Å². The average molecular weight is 270 g/mol. The minimum Gasteiger partial charge on any atom is -0.444 e. The number of aromatic nitrogens is 1. The molecule has 0 radical (unpaired) electrons. The fourth-order valence-corrected chi connectivity index (χ4v) is 2.34. The van der Waals surface area contributed by atoms with Crippen molar-refractivity contribution < 1.29 is 14.3 Å². The molecule has 1 atom stereocenters. The number of aldehydes is 1. The molecule has 1 heterocycles. The van der Waals surface area contributed by atoms with Crippen LogP contribution >= 0.6 is 11.3 Å². The molecular formula is C12H18N2O3S. The summed E-state index contributed by atoms with van der Waals surface area (Å²) >= 11 is 1.33. The predicted octanol–water partition coefficient (Wildman–Crippen LogP) is 2.39. The Morgan fingerprint density at radius 1 is 1.44 bits per heavy atom. The summed E-state index contributed by atoms with van der Waals surface area (Å²) in [5, 5.41) is 2.58. The molecule has 1 aromatic heterocycles. The average Bonchev–Trinajstić information content (AvgIpc) is 2.61. The van der Waals surface area contributed by atoms with Crippen molar-refractivity contribution in [3.05, 3.63) is 16.1 Å². The minimum atomic E-state index is -1.10. The van der Waals surface area contributed by atoms with Crippen LogP contribution in [-0.2, 0) is 15.1 Å². The van der Waals surface area contributed by atoms with Gasteiger partial charge >= 0.3 is 6.09 Å². The molecule has 0 fully saturated rings. The van der Waals surface area contributed by atoms with Gasteiger partial charge in [-0.1, -0.05) is 0 Å². The lowest BCUT2D eigenvalue weighted by Gasteiger charge is -2.27. The maximum atomic E-state index is 11.7. The van der Waals surface area contributed by atoms with Crippen LogP contribution in [-0.4, -0.2) is 23.0 Å². The second-order valence-corrected chi connectivity index (χ2v) is 6.07. The van der Waals surface area contributed by atoms with Crippen molar-refractivity contribution in [1.29, 1.82) is 0 Å². The number of hydrogen-bond donors (Lipinski definition) is 1. The van der Waals surface area contributed by atoms with Crippen molar-refractivity contribution in [3.8, 4) is 0 Å². The van der Waals surface area contributed by atoms with Crippen LogP contribution in [0.5, 0.6) is 0 Å². The summed E-state index contributed by atoms with van der Waals surface area (Å²) in [6, 6.07) is 0. The van der Waals surface area contributed by atoms with Gasteiger partial charge in [-0.25, -0.2) is 9.78 Å². The molecule has 1 aromatic rings. The number of hydrogen-bond acceptors (Lipinski definition) is 5. The molecule has 100 valence electrons. The first-order valence-electron chi connectivity index (χ1n) is 5.56. The molecule has 1 N–H and O–H groups in total. The van der Waals surface area contributed by atoms with Crippen LogP contribution in [0, 0.1) is 6.92 Å². The highest BCUT2D eigenvalue weighted by Crippen LogP contribution is 2.26. The predicted molar refractivity (Wildman–Crippen MR) is 69.6 cm³/mol. The number of amides is 1.